The molecule has 5 nitrogen and oxygen atoms in total. The van der Waals surface area contributed by atoms with Gasteiger partial charge in [-0.2, -0.15) is 0 Å². The number of rotatable bonds is 7. The van der Waals surface area contributed by atoms with E-state index in [2.05, 4.69) is 10.3 Å². The Morgan fingerprint density at radius 1 is 1.47 bits per heavy atom. The van der Waals surface area contributed by atoms with Gasteiger partial charge in [-0.1, -0.05) is 13.0 Å². The van der Waals surface area contributed by atoms with Crippen LogP contribution in [0.3, 0.4) is 0 Å². The maximum absolute atomic E-state index is 11.8. The summed E-state index contributed by atoms with van der Waals surface area (Å²) >= 11 is 0. The first kappa shape index (κ1) is 15.4. The topological polar surface area (TPSA) is 71.5 Å². The number of hydrogen-bond donors (Lipinski definition) is 2. The van der Waals surface area contributed by atoms with Crippen molar-refractivity contribution < 1.29 is 14.6 Å². The summed E-state index contributed by atoms with van der Waals surface area (Å²) in [6, 6.07) is 5.09. The van der Waals surface area contributed by atoms with Crippen molar-refractivity contribution in [1.29, 1.82) is 0 Å². The average molecular weight is 266 g/mol. The lowest BCUT2D eigenvalue weighted by molar-refractivity contribution is 0.0935. The van der Waals surface area contributed by atoms with Gasteiger partial charge < -0.3 is 15.2 Å². The summed E-state index contributed by atoms with van der Waals surface area (Å²) in [6.45, 7) is 6.15. The summed E-state index contributed by atoms with van der Waals surface area (Å²) in [6.07, 6.45) is 0.880. The van der Waals surface area contributed by atoms with Crippen LogP contribution < -0.4 is 10.1 Å². The molecule has 0 aliphatic rings. The monoisotopic (exact) mass is 266 g/mol. The predicted octanol–water partition coefficient (Wildman–Crippen LogP) is 1.76. The minimum absolute atomic E-state index is 0.0190. The van der Waals surface area contributed by atoms with Crippen molar-refractivity contribution in [2.45, 2.75) is 45.8 Å². The Balaban J connectivity index is 2.52. The number of pyridine rings is 1. The van der Waals surface area contributed by atoms with Crippen molar-refractivity contribution in [3.63, 3.8) is 0 Å². The minimum atomic E-state index is -0.371. The Hall–Kier alpha value is -1.62. The largest absolute Gasteiger partial charge is 0.475 e. The molecule has 0 fully saturated rings. The van der Waals surface area contributed by atoms with Crippen LogP contribution in [0.4, 0.5) is 0 Å². The van der Waals surface area contributed by atoms with E-state index < -0.39 is 0 Å². The molecule has 0 aliphatic carbocycles. The molecule has 5 heteroatoms. The third kappa shape index (κ3) is 5.70. The van der Waals surface area contributed by atoms with Crippen molar-refractivity contribution >= 4 is 5.91 Å². The van der Waals surface area contributed by atoms with Crippen molar-refractivity contribution in [2.75, 3.05) is 6.54 Å². The molecule has 0 bridgehead atoms. The zero-order chi connectivity index (χ0) is 14.3. The highest BCUT2D eigenvalue weighted by Gasteiger charge is 2.09. The number of carbonyl (C=O) groups is 1. The van der Waals surface area contributed by atoms with Gasteiger partial charge in [0.05, 0.1) is 12.2 Å². The zero-order valence-electron chi connectivity index (χ0n) is 11.7. The number of amides is 1. The molecule has 1 unspecified atom stereocenters. The second-order valence-corrected chi connectivity index (χ2v) is 4.63. The summed E-state index contributed by atoms with van der Waals surface area (Å²) in [5.41, 5.74) is 0.323. The summed E-state index contributed by atoms with van der Waals surface area (Å²) in [5, 5.41) is 12.1. The van der Waals surface area contributed by atoms with E-state index in [9.17, 15) is 9.90 Å². The number of ether oxygens (including phenoxy) is 1. The van der Waals surface area contributed by atoms with E-state index in [4.69, 9.17) is 4.74 Å². The average Bonchev–Trinajstić information content (AvgIpc) is 2.37. The van der Waals surface area contributed by atoms with Crippen LogP contribution in [0.1, 0.15) is 44.1 Å². The van der Waals surface area contributed by atoms with Crippen LogP contribution in [-0.2, 0) is 0 Å². The molecule has 1 rings (SSSR count). The van der Waals surface area contributed by atoms with Gasteiger partial charge in [0, 0.05) is 12.6 Å². The fraction of sp³-hybridized carbons (Fsp3) is 0.571. The fourth-order valence-corrected chi connectivity index (χ4v) is 1.50. The number of nitrogens with zero attached hydrogens (tertiary/aromatic N) is 1. The van der Waals surface area contributed by atoms with Crippen LogP contribution in [0, 0.1) is 0 Å². The lowest BCUT2D eigenvalue weighted by Crippen LogP contribution is -2.27. The Labute approximate surface area is 114 Å². The second-order valence-electron chi connectivity index (χ2n) is 4.63. The Bertz CT molecular complexity index is 407. The summed E-state index contributed by atoms with van der Waals surface area (Å²) in [4.78, 5) is 16.0. The molecule has 2 N–H and O–H groups in total. The summed E-state index contributed by atoms with van der Waals surface area (Å²) in [7, 11) is 0. The molecule has 1 aromatic rings. The van der Waals surface area contributed by atoms with E-state index in [1.54, 1.807) is 18.2 Å². The third-order valence-electron chi connectivity index (χ3n) is 2.55. The fourth-order valence-electron chi connectivity index (χ4n) is 1.50. The van der Waals surface area contributed by atoms with Gasteiger partial charge in [0.1, 0.15) is 5.69 Å². The van der Waals surface area contributed by atoms with E-state index in [1.165, 1.54) is 0 Å². The Kier molecular flexibility index (Phi) is 6.29. The predicted molar refractivity (Wildman–Crippen MR) is 73.2 cm³/mol. The summed E-state index contributed by atoms with van der Waals surface area (Å²) < 4.78 is 5.43. The highest BCUT2D eigenvalue weighted by molar-refractivity contribution is 5.92. The molecule has 1 aromatic heterocycles. The van der Waals surface area contributed by atoms with E-state index >= 15 is 0 Å². The molecule has 1 heterocycles. The van der Waals surface area contributed by atoms with Crippen LogP contribution in [-0.4, -0.2) is 34.8 Å². The number of nitrogens with one attached hydrogen (secondary N) is 1. The van der Waals surface area contributed by atoms with E-state index in [0.717, 1.165) is 0 Å². The second kappa shape index (κ2) is 7.74. The van der Waals surface area contributed by atoms with E-state index in [1.807, 2.05) is 20.8 Å². The molecule has 0 saturated heterocycles. The molecule has 0 radical (unpaired) electrons. The van der Waals surface area contributed by atoms with Crippen molar-refractivity contribution in [3.8, 4) is 5.88 Å². The van der Waals surface area contributed by atoms with Crippen LogP contribution in [0.25, 0.3) is 0 Å². The highest BCUT2D eigenvalue weighted by Crippen LogP contribution is 2.09. The van der Waals surface area contributed by atoms with Crippen LogP contribution in [0.15, 0.2) is 18.2 Å². The van der Waals surface area contributed by atoms with Crippen molar-refractivity contribution in [2.24, 2.45) is 0 Å². The minimum Gasteiger partial charge on any atom is -0.475 e. The van der Waals surface area contributed by atoms with Crippen LogP contribution >= 0.6 is 0 Å². The number of aliphatic hydroxyl groups excluding tert-OH is 1. The van der Waals surface area contributed by atoms with Crippen LogP contribution in [0.2, 0.25) is 0 Å². The van der Waals surface area contributed by atoms with Gasteiger partial charge in [-0.3, -0.25) is 4.79 Å². The zero-order valence-corrected chi connectivity index (χ0v) is 11.7. The first-order valence-corrected chi connectivity index (χ1v) is 6.63. The van der Waals surface area contributed by atoms with Crippen molar-refractivity contribution in [1.82, 2.24) is 10.3 Å². The van der Waals surface area contributed by atoms with Gasteiger partial charge in [-0.05, 0) is 32.8 Å². The molecule has 1 amide bonds. The normalized spacial score (nSPS) is 12.3. The smallest absolute Gasteiger partial charge is 0.270 e. The number of hydrogen-bond acceptors (Lipinski definition) is 4. The maximum Gasteiger partial charge on any atom is 0.270 e. The Morgan fingerprint density at radius 3 is 2.84 bits per heavy atom. The van der Waals surface area contributed by atoms with E-state index in [-0.39, 0.29) is 18.1 Å². The summed E-state index contributed by atoms with van der Waals surface area (Å²) in [5.74, 6) is 0.189. The van der Waals surface area contributed by atoms with Gasteiger partial charge in [-0.25, -0.2) is 4.98 Å². The first-order valence-electron chi connectivity index (χ1n) is 6.63. The molecule has 0 aliphatic heterocycles. The van der Waals surface area contributed by atoms with Crippen LogP contribution in [0.5, 0.6) is 5.88 Å². The maximum atomic E-state index is 11.8. The Morgan fingerprint density at radius 2 is 2.21 bits per heavy atom. The molecule has 106 valence electrons. The van der Waals surface area contributed by atoms with Gasteiger partial charge >= 0.3 is 0 Å². The quantitative estimate of drug-likeness (QED) is 0.789. The SMILES string of the molecule is CCC(O)CCNC(=O)c1cccc(OC(C)C)n1. The molecular weight excluding hydrogens is 244 g/mol. The number of carbonyl (C=O) groups excluding carboxylic acids is 1. The van der Waals surface area contributed by atoms with Gasteiger partial charge in [0.2, 0.25) is 5.88 Å². The lowest BCUT2D eigenvalue weighted by atomic mass is 10.2. The first-order chi connectivity index (χ1) is 9.02. The highest BCUT2D eigenvalue weighted by atomic mass is 16.5. The molecule has 0 aromatic carbocycles. The molecule has 1 atom stereocenters. The van der Waals surface area contributed by atoms with E-state index in [0.29, 0.717) is 31.0 Å². The number of aliphatic hydroxyl groups is 1. The standard InChI is InChI=1S/C14H22N2O3/c1-4-11(17)8-9-15-14(18)12-6-5-7-13(16-12)19-10(2)3/h5-7,10-11,17H,4,8-9H2,1-3H3,(H,15,18). The third-order valence-corrected chi connectivity index (χ3v) is 2.55. The lowest BCUT2D eigenvalue weighted by Gasteiger charge is -2.11. The van der Waals surface area contributed by atoms with Crippen molar-refractivity contribution in [3.05, 3.63) is 23.9 Å². The van der Waals surface area contributed by atoms with Gasteiger partial charge in [0.25, 0.3) is 5.91 Å². The molecule has 0 spiro atoms. The molecule has 19 heavy (non-hydrogen) atoms. The van der Waals surface area contributed by atoms with Gasteiger partial charge in [-0.15, -0.1) is 0 Å². The molecular formula is C14H22N2O3. The molecule has 0 saturated carbocycles. The number of aromatic nitrogens is 1. The van der Waals surface area contributed by atoms with Gasteiger partial charge in [0.15, 0.2) is 0 Å².